The highest BCUT2D eigenvalue weighted by atomic mass is 32.2. The van der Waals surface area contributed by atoms with Crippen LogP contribution in [0.5, 0.6) is 0 Å². The number of carboxylic acid groups (broad SMARTS) is 2. The normalized spacial score (nSPS) is 16.4. The van der Waals surface area contributed by atoms with E-state index in [1.54, 1.807) is 24.3 Å². The van der Waals surface area contributed by atoms with E-state index in [4.69, 9.17) is 12.2 Å². The number of carbonyl (C=O) groups is 3. The number of thioether (sulfide) groups is 1. The Morgan fingerprint density at radius 2 is 1.71 bits per heavy atom. The van der Waals surface area contributed by atoms with Crippen molar-refractivity contribution in [3.63, 3.8) is 0 Å². The molecule has 2 aromatic carbocycles. The summed E-state index contributed by atoms with van der Waals surface area (Å²) in [5, 5.41) is 22.5. The summed E-state index contributed by atoms with van der Waals surface area (Å²) in [6, 6.07) is 13.5. The third-order valence-electron chi connectivity index (χ3n) is 4.12. The highest BCUT2D eigenvalue weighted by Crippen LogP contribution is 2.34. The number of aliphatic carboxylic acids is 1. The molecule has 0 aliphatic carbocycles. The molecule has 0 radical (unpaired) electrons. The molecule has 3 rings (SSSR count). The molecule has 0 bridgehead atoms. The minimum absolute atomic E-state index is 0.0181. The fraction of sp³-hybridized carbons (Fsp3) is 0.100. The van der Waals surface area contributed by atoms with Crippen LogP contribution in [0.1, 0.15) is 21.5 Å². The number of carbonyl (C=O) groups excluding carboxylic acids is 3. The quantitative estimate of drug-likeness (QED) is 0.507. The zero-order valence-electron chi connectivity index (χ0n) is 14.4. The SMILES string of the molecule is O=C([O-])c1ccc(/C=C2\SC(=S)N([C@@H](Cc3ccccc3)C(=O)[O-])C2=O)cc1. The van der Waals surface area contributed by atoms with E-state index in [-0.39, 0.29) is 21.2 Å². The van der Waals surface area contributed by atoms with E-state index in [2.05, 4.69) is 0 Å². The number of aromatic carboxylic acids is 1. The predicted octanol–water partition coefficient (Wildman–Crippen LogP) is 0.612. The van der Waals surface area contributed by atoms with Crippen LogP contribution in [0.15, 0.2) is 59.5 Å². The zero-order chi connectivity index (χ0) is 20.3. The first-order chi connectivity index (χ1) is 13.4. The molecule has 0 N–H and O–H groups in total. The molecule has 6 nitrogen and oxygen atoms in total. The number of hydrogen-bond donors (Lipinski definition) is 0. The van der Waals surface area contributed by atoms with Gasteiger partial charge in [0.1, 0.15) is 4.32 Å². The van der Waals surface area contributed by atoms with Crippen LogP contribution >= 0.6 is 24.0 Å². The van der Waals surface area contributed by atoms with Crippen molar-refractivity contribution in [3.05, 3.63) is 76.2 Å². The van der Waals surface area contributed by atoms with Crippen LogP contribution in [-0.4, -0.2) is 33.1 Å². The second-order valence-electron chi connectivity index (χ2n) is 5.99. The number of rotatable bonds is 6. The van der Waals surface area contributed by atoms with Gasteiger partial charge in [0.25, 0.3) is 5.91 Å². The van der Waals surface area contributed by atoms with Crippen molar-refractivity contribution < 1.29 is 24.6 Å². The predicted molar refractivity (Wildman–Crippen MR) is 105 cm³/mol. The third-order valence-corrected chi connectivity index (χ3v) is 5.45. The third kappa shape index (κ3) is 4.29. The lowest BCUT2D eigenvalue weighted by Gasteiger charge is -2.27. The Morgan fingerprint density at radius 3 is 2.29 bits per heavy atom. The molecule has 8 heteroatoms. The zero-order valence-corrected chi connectivity index (χ0v) is 16.0. The summed E-state index contributed by atoms with van der Waals surface area (Å²) in [4.78, 5) is 36.6. The van der Waals surface area contributed by atoms with E-state index >= 15 is 0 Å². The molecule has 0 unspecified atom stereocenters. The van der Waals surface area contributed by atoms with Crippen LogP contribution in [-0.2, 0) is 16.0 Å². The number of carboxylic acids is 2. The van der Waals surface area contributed by atoms with Crippen molar-refractivity contribution in [2.45, 2.75) is 12.5 Å². The lowest BCUT2D eigenvalue weighted by atomic mass is 10.0. The van der Waals surface area contributed by atoms with E-state index in [1.807, 2.05) is 6.07 Å². The summed E-state index contributed by atoms with van der Waals surface area (Å²) in [5.74, 6) is -3.21. The van der Waals surface area contributed by atoms with Crippen molar-refractivity contribution >= 4 is 52.2 Å². The Morgan fingerprint density at radius 1 is 1.07 bits per heavy atom. The first-order valence-electron chi connectivity index (χ1n) is 8.20. The molecule has 28 heavy (non-hydrogen) atoms. The lowest BCUT2D eigenvalue weighted by Crippen LogP contribution is -2.51. The van der Waals surface area contributed by atoms with Crippen LogP contribution < -0.4 is 10.2 Å². The number of amides is 1. The molecule has 0 spiro atoms. The average molecular weight is 411 g/mol. The topological polar surface area (TPSA) is 101 Å². The standard InChI is InChI=1S/C20H15NO5S2/c22-17-16(11-13-6-8-14(9-7-13)18(23)24)28-20(27)21(17)15(19(25)26)10-12-4-2-1-3-5-12/h1-9,11,15H,10H2,(H,23,24)(H,25,26)/p-2/b16-11-/t15-/m0/s1. The van der Waals surface area contributed by atoms with Crippen molar-refractivity contribution in [3.8, 4) is 0 Å². The molecule has 1 fully saturated rings. The summed E-state index contributed by atoms with van der Waals surface area (Å²) < 4.78 is 0.132. The van der Waals surface area contributed by atoms with Crippen molar-refractivity contribution in [2.24, 2.45) is 0 Å². The van der Waals surface area contributed by atoms with Gasteiger partial charge in [0, 0.05) is 0 Å². The second kappa shape index (κ2) is 8.37. The van der Waals surface area contributed by atoms with Gasteiger partial charge in [-0.1, -0.05) is 78.6 Å². The summed E-state index contributed by atoms with van der Waals surface area (Å²) >= 11 is 6.22. The highest BCUT2D eigenvalue weighted by Gasteiger charge is 2.37. The van der Waals surface area contributed by atoms with Gasteiger partial charge in [-0.05, 0) is 29.2 Å². The Bertz CT molecular complexity index is 970. The van der Waals surface area contributed by atoms with Crippen molar-refractivity contribution in [2.75, 3.05) is 0 Å². The maximum absolute atomic E-state index is 12.8. The van der Waals surface area contributed by atoms with Gasteiger partial charge in [0.15, 0.2) is 0 Å². The molecule has 0 aromatic heterocycles. The van der Waals surface area contributed by atoms with Gasteiger partial charge in [0.2, 0.25) is 0 Å². The maximum atomic E-state index is 12.8. The van der Waals surface area contributed by atoms with Gasteiger partial charge in [-0.25, -0.2) is 0 Å². The van der Waals surface area contributed by atoms with Gasteiger partial charge < -0.3 is 19.8 Å². The Balaban J connectivity index is 1.85. The minimum atomic E-state index is -1.39. The van der Waals surface area contributed by atoms with Crippen molar-refractivity contribution in [1.29, 1.82) is 0 Å². The van der Waals surface area contributed by atoms with E-state index in [0.717, 1.165) is 22.2 Å². The Labute approximate surface area is 170 Å². The van der Waals surface area contributed by atoms with E-state index in [1.165, 1.54) is 30.3 Å². The number of nitrogens with zero attached hydrogens (tertiary/aromatic N) is 1. The van der Waals surface area contributed by atoms with Gasteiger partial charge >= 0.3 is 0 Å². The van der Waals surface area contributed by atoms with Gasteiger partial charge in [-0.15, -0.1) is 0 Å². The summed E-state index contributed by atoms with van der Waals surface area (Å²) in [6.45, 7) is 0. The van der Waals surface area contributed by atoms with Crippen LogP contribution in [0, 0.1) is 0 Å². The van der Waals surface area contributed by atoms with E-state index in [9.17, 15) is 24.6 Å². The Kier molecular flexibility index (Phi) is 5.91. The fourth-order valence-corrected chi connectivity index (χ4v) is 4.09. The Hall–Kier alpha value is -2.97. The molecular formula is C20H13NO5S2-2. The van der Waals surface area contributed by atoms with Crippen LogP contribution in [0.2, 0.25) is 0 Å². The minimum Gasteiger partial charge on any atom is -0.548 e. The molecule has 142 valence electrons. The first-order valence-corrected chi connectivity index (χ1v) is 9.42. The number of hydrogen-bond acceptors (Lipinski definition) is 7. The molecule has 1 atom stereocenters. The second-order valence-corrected chi connectivity index (χ2v) is 7.66. The first kappa shape index (κ1) is 19.8. The molecule has 1 heterocycles. The van der Waals surface area contributed by atoms with E-state index < -0.39 is 23.9 Å². The molecule has 1 aliphatic heterocycles. The van der Waals surface area contributed by atoms with Gasteiger partial charge in [-0.2, -0.15) is 0 Å². The molecular weight excluding hydrogens is 398 g/mol. The molecule has 1 saturated heterocycles. The monoisotopic (exact) mass is 411 g/mol. The van der Waals surface area contributed by atoms with Crippen molar-refractivity contribution in [1.82, 2.24) is 4.90 Å². The maximum Gasteiger partial charge on any atom is 0.266 e. The summed E-state index contributed by atoms with van der Waals surface area (Å²) in [7, 11) is 0. The summed E-state index contributed by atoms with van der Waals surface area (Å²) in [5.41, 5.74) is 1.34. The smallest absolute Gasteiger partial charge is 0.266 e. The summed E-state index contributed by atoms with van der Waals surface area (Å²) in [6.07, 6.45) is 1.61. The van der Waals surface area contributed by atoms with Gasteiger partial charge in [0.05, 0.1) is 22.9 Å². The lowest BCUT2D eigenvalue weighted by molar-refractivity contribution is -0.310. The van der Waals surface area contributed by atoms with Crippen LogP contribution in [0.4, 0.5) is 0 Å². The number of thiocarbonyl (C=S) groups is 1. The molecule has 2 aromatic rings. The van der Waals surface area contributed by atoms with Crippen LogP contribution in [0.3, 0.4) is 0 Å². The van der Waals surface area contributed by atoms with Crippen LogP contribution in [0.25, 0.3) is 6.08 Å². The average Bonchev–Trinajstić information content (AvgIpc) is 2.94. The molecule has 1 aliphatic rings. The highest BCUT2D eigenvalue weighted by molar-refractivity contribution is 8.26. The van der Waals surface area contributed by atoms with Gasteiger partial charge in [-0.3, -0.25) is 9.69 Å². The van der Waals surface area contributed by atoms with E-state index in [0.29, 0.717) is 5.56 Å². The molecule has 1 amide bonds. The fourth-order valence-electron chi connectivity index (χ4n) is 2.73. The molecule has 0 saturated carbocycles. The largest absolute Gasteiger partial charge is 0.548 e. The number of benzene rings is 2.